The number of anilines is 1. The molecule has 1 aromatic rings. The topological polar surface area (TPSA) is 44.9 Å². The molecule has 2 unspecified atom stereocenters. The molecule has 3 aliphatic rings. The lowest BCUT2D eigenvalue weighted by molar-refractivity contribution is 0.122. The summed E-state index contributed by atoms with van der Waals surface area (Å²) in [6.07, 6.45) is 4.90. The Morgan fingerprint density at radius 1 is 1.19 bits per heavy atom. The Bertz CT molecular complexity index is 568. The number of hydrogen-bond acceptors (Lipinski definition) is 4. The molecule has 4 rings (SSSR count). The lowest BCUT2D eigenvalue weighted by atomic mass is 9.82. The molecular weight excluding hydrogens is 284 g/mol. The molecule has 112 valence electrons. The van der Waals surface area contributed by atoms with Gasteiger partial charge in [0, 0.05) is 22.8 Å². The first kappa shape index (κ1) is 13.4. The molecule has 0 aliphatic carbocycles. The smallest absolute Gasteiger partial charge is 0.196 e. The summed E-state index contributed by atoms with van der Waals surface area (Å²) in [6.45, 7) is 0.822. The van der Waals surface area contributed by atoms with Crippen molar-refractivity contribution in [2.24, 2.45) is 10.7 Å². The average molecular weight is 305 g/mol. The van der Waals surface area contributed by atoms with Gasteiger partial charge in [-0.15, -0.1) is 0 Å². The lowest BCUT2D eigenvalue weighted by Gasteiger charge is -2.48. The fraction of sp³-hybridized carbons (Fsp3) is 0.562. The fourth-order valence-electron chi connectivity index (χ4n) is 4.46. The number of fused-ring (bicyclic) bond motifs is 2. The molecule has 21 heavy (non-hydrogen) atoms. The van der Waals surface area contributed by atoms with Gasteiger partial charge in [0.15, 0.2) is 5.96 Å². The van der Waals surface area contributed by atoms with Gasteiger partial charge in [-0.25, -0.2) is 0 Å². The summed E-state index contributed by atoms with van der Waals surface area (Å²) in [5, 5.41) is 0.756. The predicted octanol–water partition coefficient (Wildman–Crippen LogP) is 2.47. The molecule has 2 N–H and O–H groups in total. The van der Waals surface area contributed by atoms with Crippen LogP contribution in [0.1, 0.15) is 25.7 Å². The minimum absolute atomic E-state index is 0.0657. The normalized spacial score (nSPS) is 35.5. The highest BCUT2D eigenvalue weighted by atomic mass is 35.5. The fourth-order valence-corrected chi connectivity index (χ4v) is 4.59. The van der Waals surface area contributed by atoms with Gasteiger partial charge in [0.05, 0.1) is 12.1 Å². The Hall–Kier alpha value is -1.26. The summed E-state index contributed by atoms with van der Waals surface area (Å²) in [5.74, 6) is 0.654. The first-order valence-electron chi connectivity index (χ1n) is 7.67. The van der Waals surface area contributed by atoms with Crippen molar-refractivity contribution in [1.29, 1.82) is 0 Å². The highest BCUT2D eigenvalue weighted by Gasteiger charge is 2.52. The Morgan fingerprint density at radius 2 is 1.81 bits per heavy atom. The van der Waals surface area contributed by atoms with Gasteiger partial charge < -0.3 is 15.5 Å². The molecule has 2 fully saturated rings. The summed E-state index contributed by atoms with van der Waals surface area (Å²) >= 11 is 6.02. The van der Waals surface area contributed by atoms with E-state index in [1.54, 1.807) is 0 Å². The second-order valence-electron chi connectivity index (χ2n) is 6.67. The zero-order chi connectivity index (χ0) is 14.6. The summed E-state index contributed by atoms with van der Waals surface area (Å²) in [6, 6.07) is 9.30. The number of nitrogens with two attached hydrogens (primary N) is 1. The number of nitrogens with zero attached hydrogens (tertiary/aromatic N) is 3. The molecule has 0 radical (unpaired) electrons. The van der Waals surface area contributed by atoms with Crippen LogP contribution in [-0.4, -0.2) is 42.1 Å². The van der Waals surface area contributed by atoms with Gasteiger partial charge in [-0.2, -0.15) is 0 Å². The third-order valence-electron chi connectivity index (χ3n) is 5.54. The minimum atomic E-state index is 0.0657. The molecule has 0 aromatic heterocycles. The Balaban J connectivity index is 1.71. The zero-order valence-corrected chi connectivity index (χ0v) is 13.1. The van der Waals surface area contributed by atoms with Gasteiger partial charge in [-0.3, -0.25) is 4.99 Å². The van der Waals surface area contributed by atoms with E-state index in [4.69, 9.17) is 17.3 Å². The quantitative estimate of drug-likeness (QED) is 0.867. The van der Waals surface area contributed by atoms with Crippen molar-refractivity contribution in [3.05, 3.63) is 29.3 Å². The molecule has 2 saturated heterocycles. The van der Waals surface area contributed by atoms with Gasteiger partial charge in [0.1, 0.15) is 0 Å². The molecule has 3 aliphatic heterocycles. The summed E-state index contributed by atoms with van der Waals surface area (Å²) < 4.78 is 0. The van der Waals surface area contributed by atoms with E-state index in [0.29, 0.717) is 18.0 Å². The monoisotopic (exact) mass is 304 g/mol. The third kappa shape index (κ3) is 1.96. The number of rotatable bonds is 1. The van der Waals surface area contributed by atoms with Crippen molar-refractivity contribution in [1.82, 2.24) is 4.90 Å². The lowest BCUT2D eigenvalue weighted by Crippen LogP contribution is -2.60. The Kier molecular flexibility index (Phi) is 2.95. The van der Waals surface area contributed by atoms with Gasteiger partial charge in [0.2, 0.25) is 0 Å². The highest BCUT2D eigenvalue weighted by Crippen LogP contribution is 2.46. The van der Waals surface area contributed by atoms with Crippen LogP contribution in [0.15, 0.2) is 29.3 Å². The average Bonchev–Trinajstić information content (AvgIpc) is 2.87. The minimum Gasteiger partial charge on any atom is -0.369 e. The van der Waals surface area contributed by atoms with Crippen LogP contribution in [0.2, 0.25) is 5.02 Å². The molecule has 2 atom stereocenters. The van der Waals surface area contributed by atoms with E-state index in [-0.39, 0.29) is 5.54 Å². The Labute approximate surface area is 130 Å². The van der Waals surface area contributed by atoms with Crippen molar-refractivity contribution in [3.63, 3.8) is 0 Å². The van der Waals surface area contributed by atoms with E-state index >= 15 is 0 Å². The van der Waals surface area contributed by atoms with E-state index in [0.717, 1.165) is 30.1 Å². The molecule has 2 bridgehead atoms. The van der Waals surface area contributed by atoms with Crippen LogP contribution in [-0.2, 0) is 0 Å². The second-order valence-corrected chi connectivity index (χ2v) is 7.11. The van der Waals surface area contributed by atoms with Crippen LogP contribution in [0.4, 0.5) is 5.69 Å². The van der Waals surface area contributed by atoms with Crippen LogP contribution < -0.4 is 10.6 Å². The zero-order valence-electron chi connectivity index (χ0n) is 12.3. The van der Waals surface area contributed by atoms with E-state index in [9.17, 15) is 0 Å². The molecule has 3 heterocycles. The van der Waals surface area contributed by atoms with Crippen molar-refractivity contribution >= 4 is 23.2 Å². The number of aliphatic imine (C=N–C) groups is 1. The number of piperidine rings is 1. The number of hydrogen-bond donors (Lipinski definition) is 1. The Morgan fingerprint density at radius 3 is 2.43 bits per heavy atom. The number of guanidine groups is 1. The summed E-state index contributed by atoms with van der Waals surface area (Å²) in [5.41, 5.74) is 7.41. The van der Waals surface area contributed by atoms with Gasteiger partial charge in [-0.05, 0) is 57.0 Å². The van der Waals surface area contributed by atoms with Crippen LogP contribution in [0.3, 0.4) is 0 Å². The molecule has 5 heteroatoms. The van der Waals surface area contributed by atoms with E-state index in [2.05, 4.69) is 34.0 Å². The van der Waals surface area contributed by atoms with E-state index in [1.165, 1.54) is 12.8 Å². The molecule has 4 nitrogen and oxygen atoms in total. The van der Waals surface area contributed by atoms with Gasteiger partial charge >= 0.3 is 0 Å². The maximum absolute atomic E-state index is 6.23. The molecule has 1 aromatic carbocycles. The summed E-state index contributed by atoms with van der Waals surface area (Å²) in [7, 11) is 2.26. The summed E-state index contributed by atoms with van der Waals surface area (Å²) in [4.78, 5) is 9.40. The molecule has 1 spiro atoms. The van der Waals surface area contributed by atoms with Gasteiger partial charge in [0.25, 0.3) is 0 Å². The number of benzene rings is 1. The SMILES string of the molecule is CN1C2CCC1CC1(CN=C(N)N1c1ccc(Cl)cc1)C2. The second kappa shape index (κ2) is 4.62. The van der Waals surface area contributed by atoms with Gasteiger partial charge in [-0.1, -0.05) is 11.6 Å². The molecule has 0 amide bonds. The number of halogens is 1. The largest absolute Gasteiger partial charge is 0.369 e. The van der Waals surface area contributed by atoms with Crippen LogP contribution in [0.25, 0.3) is 0 Å². The maximum atomic E-state index is 6.23. The maximum Gasteiger partial charge on any atom is 0.196 e. The first-order chi connectivity index (χ1) is 10.1. The van der Waals surface area contributed by atoms with E-state index in [1.807, 2.05) is 12.1 Å². The predicted molar refractivity (Wildman–Crippen MR) is 87.0 cm³/mol. The highest BCUT2D eigenvalue weighted by molar-refractivity contribution is 6.30. The standard InChI is InChI=1S/C16H21ClN4/c1-20-13-6-7-14(20)9-16(8-13)10-19-15(18)21(16)12-4-2-11(17)3-5-12/h2-5,13-14H,6-10H2,1H3,(H2,18,19). The van der Waals surface area contributed by atoms with Crippen LogP contribution in [0, 0.1) is 0 Å². The van der Waals surface area contributed by atoms with Crippen LogP contribution >= 0.6 is 11.6 Å². The van der Waals surface area contributed by atoms with Crippen molar-refractivity contribution < 1.29 is 0 Å². The van der Waals surface area contributed by atoms with E-state index < -0.39 is 0 Å². The third-order valence-corrected chi connectivity index (χ3v) is 5.79. The molecule has 0 saturated carbocycles. The molecular formula is C16H21ClN4. The first-order valence-corrected chi connectivity index (χ1v) is 8.04. The van der Waals surface area contributed by atoms with Crippen molar-refractivity contribution in [3.8, 4) is 0 Å². The van der Waals surface area contributed by atoms with Crippen LogP contribution in [0.5, 0.6) is 0 Å². The van der Waals surface area contributed by atoms with Crippen molar-refractivity contribution in [2.75, 3.05) is 18.5 Å². The van der Waals surface area contributed by atoms with Crippen molar-refractivity contribution in [2.45, 2.75) is 43.3 Å².